The van der Waals surface area contributed by atoms with Crippen molar-refractivity contribution in [2.24, 2.45) is 10.8 Å². The van der Waals surface area contributed by atoms with Gasteiger partial charge >= 0.3 is 14.2 Å². The van der Waals surface area contributed by atoms with E-state index in [0.717, 1.165) is 38.5 Å². The average Bonchev–Trinajstić information content (AvgIpc) is 2.89. The summed E-state index contributed by atoms with van der Waals surface area (Å²) in [5.74, 6) is -0.199. The van der Waals surface area contributed by atoms with Crippen molar-refractivity contribution < 1.29 is 29.7 Å². The second kappa shape index (κ2) is 19.7. The molecular weight excluding hydrogens is 490 g/mol. The number of nitrogens with one attached hydrogen (secondary N) is 2. The summed E-state index contributed by atoms with van der Waals surface area (Å²) in [5, 5.41) is 44.9. The molecule has 0 aliphatic carbocycles. The van der Waals surface area contributed by atoms with Gasteiger partial charge in [-0.1, -0.05) is 42.2 Å². The Kier molecular flexibility index (Phi) is 16.9. The molecule has 0 aliphatic heterocycles. The van der Waals surface area contributed by atoms with Gasteiger partial charge in [0.2, 0.25) is 11.8 Å². The van der Waals surface area contributed by atoms with Gasteiger partial charge in [-0.15, -0.1) is 0 Å². The lowest BCUT2D eigenvalue weighted by atomic mass is 9.80. The number of unbranched alkanes of at least 4 members (excludes halogenated alkanes) is 4. The lowest BCUT2D eigenvalue weighted by Crippen LogP contribution is -2.30. The zero-order chi connectivity index (χ0) is 28.2. The van der Waals surface area contributed by atoms with Crippen molar-refractivity contribution in [2.75, 3.05) is 23.7 Å². The van der Waals surface area contributed by atoms with E-state index in [2.05, 4.69) is 20.7 Å². The van der Waals surface area contributed by atoms with Crippen LogP contribution in [0.2, 0.25) is 0 Å². The lowest BCUT2D eigenvalue weighted by molar-refractivity contribution is -0.117. The third-order valence-electron chi connectivity index (χ3n) is 5.27. The smallest absolute Gasteiger partial charge is 0.423 e. The van der Waals surface area contributed by atoms with Gasteiger partial charge < -0.3 is 36.5 Å². The summed E-state index contributed by atoms with van der Waals surface area (Å²) in [5.41, 5.74) is 15.3. The number of benzene rings is 2. The van der Waals surface area contributed by atoms with Crippen molar-refractivity contribution in [2.45, 2.75) is 51.4 Å². The molecule has 0 saturated carbocycles. The number of carbonyl (C=O) groups is 2. The first-order valence-electron chi connectivity index (χ1n) is 12.5. The van der Waals surface area contributed by atoms with Gasteiger partial charge in [0.25, 0.3) is 0 Å². The highest BCUT2D eigenvalue weighted by Gasteiger charge is 2.12. The minimum absolute atomic E-state index is 0.0726. The van der Waals surface area contributed by atoms with E-state index in [0.29, 0.717) is 48.2 Å². The molecule has 0 bridgehead atoms. The highest BCUT2D eigenvalue weighted by Crippen LogP contribution is 2.08. The molecule has 2 aromatic carbocycles. The van der Waals surface area contributed by atoms with E-state index in [9.17, 15) is 9.59 Å². The number of anilines is 2. The van der Waals surface area contributed by atoms with Crippen molar-refractivity contribution in [1.29, 1.82) is 0 Å². The van der Waals surface area contributed by atoms with Crippen LogP contribution in [0.5, 0.6) is 0 Å². The van der Waals surface area contributed by atoms with Crippen LogP contribution in [0.15, 0.2) is 53.6 Å². The average molecular weight is 526 g/mol. The van der Waals surface area contributed by atoms with Crippen LogP contribution in [-0.2, 0) is 9.59 Å². The van der Waals surface area contributed by atoms with Crippen LogP contribution in [0, 0.1) is 0 Å². The molecule has 0 aromatic heterocycles. The van der Waals surface area contributed by atoms with E-state index in [-0.39, 0.29) is 11.8 Å². The zero-order valence-corrected chi connectivity index (χ0v) is 21.4. The van der Waals surface area contributed by atoms with Gasteiger partial charge in [0, 0.05) is 35.7 Å². The summed E-state index contributed by atoms with van der Waals surface area (Å²) in [6.45, 7) is 1.10. The molecule has 0 heterocycles. The maximum absolute atomic E-state index is 11.7. The second-order valence-electron chi connectivity index (χ2n) is 8.46. The first kappa shape index (κ1) is 32.6. The maximum Gasteiger partial charge on any atom is 0.488 e. The van der Waals surface area contributed by atoms with Crippen LogP contribution in [0.25, 0.3) is 10.4 Å². The molecule has 0 unspecified atom stereocenters. The summed E-state index contributed by atoms with van der Waals surface area (Å²) in [4.78, 5) is 25.9. The number of carbonyl (C=O) groups excluding carboxylic acids is 2. The van der Waals surface area contributed by atoms with Crippen LogP contribution in [0.4, 0.5) is 11.4 Å². The number of hydrogen-bond acceptors (Lipinski definition) is 8. The quantitative estimate of drug-likeness (QED) is 0.0587. The normalized spacial score (nSPS) is 9.92. The van der Waals surface area contributed by atoms with E-state index in [4.69, 9.17) is 31.4 Å². The molecule has 2 rings (SSSR count). The number of azide groups is 1. The van der Waals surface area contributed by atoms with Gasteiger partial charge in [-0.25, -0.2) is 0 Å². The Morgan fingerprint density at radius 3 is 1.68 bits per heavy atom. The van der Waals surface area contributed by atoms with Crippen molar-refractivity contribution in [3.05, 3.63) is 59.0 Å². The van der Waals surface area contributed by atoms with E-state index in [1.165, 1.54) is 6.07 Å². The first-order valence-corrected chi connectivity index (χ1v) is 12.5. The van der Waals surface area contributed by atoms with Gasteiger partial charge in [0.1, 0.15) is 0 Å². The first-order chi connectivity index (χ1) is 18.3. The molecule has 8 N–H and O–H groups in total. The van der Waals surface area contributed by atoms with Gasteiger partial charge in [-0.05, 0) is 73.0 Å². The predicted molar refractivity (Wildman–Crippen MR) is 150 cm³/mol. The monoisotopic (exact) mass is 526 g/mol. The van der Waals surface area contributed by atoms with Gasteiger partial charge in [-0.3, -0.25) is 9.59 Å². The Morgan fingerprint density at radius 2 is 1.26 bits per heavy atom. The van der Waals surface area contributed by atoms with Crippen LogP contribution in [-0.4, -0.2) is 59.2 Å². The number of rotatable bonds is 15. The fourth-order valence-corrected chi connectivity index (χ4v) is 3.30. The Labute approximate surface area is 223 Å². The van der Waals surface area contributed by atoms with E-state index >= 15 is 0 Å². The molecule has 2 aromatic rings. The number of amides is 2. The Bertz CT molecular complexity index is 1040. The third kappa shape index (κ3) is 15.0. The molecule has 0 radical (unpaired) electrons. The van der Waals surface area contributed by atoms with Crippen molar-refractivity contribution in [3.8, 4) is 0 Å². The van der Waals surface area contributed by atoms with Crippen LogP contribution >= 0.6 is 0 Å². The third-order valence-corrected chi connectivity index (χ3v) is 5.27. The molecule has 12 nitrogen and oxygen atoms in total. The highest BCUT2D eigenvalue weighted by molar-refractivity contribution is 6.59. The van der Waals surface area contributed by atoms with Crippen LogP contribution in [0.1, 0.15) is 51.4 Å². The Morgan fingerprint density at radius 1 is 0.789 bits per heavy atom. The molecule has 38 heavy (non-hydrogen) atoms. The highest BCUT2D eigenvalue weighted by atomic mass is 16.4. The van der Waals surface area contributed by atoms with Gasteiger partial charge in [0.15, 0.2) is 0 Å². The van der Waals surface area contributed by atoms with Crippen LogP contribution < -0.4 is 27.3 Å². The van der Waals surface area contributed by atoms with E-state index < -0.39 is 14.2 Å². The molecule has 204 valence electrons. The van der Waals surface area contributed by atoms with Crippen LogP contribution in [0.3, 0.4) is 0 Å². The number of nitrogens with zero attached hydrogens (tertiary/aromatic N) is 3. The standard InChI is InChI=1S/C12H17BN4O3.C12H19BN2O3/c14-17-15-8-3-1-2-7-12(18)16-11-6-4-5-10(9-11)13(19)20;14-8-3-1-2-7-12(16)15-11-6-4-5-10(9-11)13(17)18/h4-6,9,19-20H,1-3,7-8H2,(H,16,18);4-6,9,17-18H,1-3,7-8,14H2,(H,15,16). The molecule has 0 aliphatic rings. The largest absolute Gasteiger partial charge is 0.488 e. The van der Waals surface area contributed by atoms with E-state index in [1.54, 1.807) is 42.5 Å². The summed E-state index contributed by atoms with van der Waals surface area (Å²) in [6, 6.07) is 12.9. The Hall–Kier alpha value is -3.38. The summed E-state index contributed by atoms with van der Waals surface area (Å²) < 4.78 is 0. The van der Waals surface area contributed by atoms with E-state index in [1.807, 2.05) is 0 Å². The van der Waals surface area contributed by atoms with Crippen molar-refractivity contribution in [1.82, 2.24) is 0 Å². The van der Waals surface area contributed by atoms with Gasteiger partial charge in [0.05, 0.1) is 0 Å². The molecular formula is C24H36B2N6O6. The zero-order valence-electron chi connectivity index (χ0n) is 21.4. The molecule has 14 heteroatoms. The van der Waals surface area contributed by atoms with Crippen molar-refractivity contribution >= 4 is 48.4 Å². The second-order valence-corrected chi connectivity index (χ2v) is 8.46. The minimum Gasteiger partial charge on any atom is -0.423 e. The molecule has 2 amide bonds. The summed E-state index contributed by atoms with van der Waals surface area (Å²) >= 11 is 0. The molecule has 0 fully saturated rings. The maximum atomic E-state index is 11.7. The SMILES string of the molecule is NCCCCCC(=O)Nc1cccc(B(O)O)c1.[N-]=[N+]=NCCCCCC(=O)Nc1cccc(B(O)O)c1. The fraction of sp³-hybridized carbons (Fsp3) is 0.417. The molecule has 0 saturated heterocycles. The van der Waals surface area contributed by atoms with Gasteiger partial charge in [-0.2, -0.15) is 0 Å². The molecule has 0 spiro atoms. The fourth-order valence-electron chi connectivity index (χ4n) is 3.30. The predicted octanol–water partition coefficient (Wildman–Crippen LogP) is 1.000. The number of nitrogens with two attached hydrogens (primary N) is 1. The minimum atomic E-state index is -1.55. The van der Waals surface area contributed by atoms with Crippen molar-refractivity contribution in [3.63, 3.8) is 0 Å². The number of hydrogen-bond donors (Lipinski definition) is 7. The summed E-state index contributed by atoms with van der Waals surface area (Å²) in [7, 11) is -3.07. The molecule has 0 atom stereocenters. The summed E-state index contributed by atoms with van der Waals surface area (Å²) in [6.07, 6.45) is 5.82. The lowest BCUT2D eigenvalue weighted by Gasteiger charge is -2.07. The topological polar surface area (TPSA) is 214 Å². The Balaban J connectivity index is 0.000000382.